The largest absolute Gasteiger partial charge is 0.419 e. The van der Waals surface area contributed by atoms with Crippen LogP contribution in [-0.4, -0.2) is 13.4 Å². The van der Waals surface area contributed by atoms with Crippen molar-refractivity contribution in [1.82, 2.24) is 4.98 Å². The van der Waals surface area contributed by atoms with Crippen LogP contribution in [-0.2, 0) is 22.7 Å². The van der Waals surface area contributed by atoms with Crippen LogP contribution in [0.15, 0.2) is 11.0 Å². The smallest absolute Gasteiger partial charge is 0.325 e. The number of hydrogen-bond donors (Lipinski definition) is 2. The Morgan fingerprint density at radius 2 is 1.84 bits per heavy atom. The second-order valence-corrected chi connectivity index (χ2v) is 4.95. The molecule has 0 spiro atoms. The average Bonchev–Trinajstić information content (AvgIpc) is 2.24. The summed E-state index contributed by atoms with van der Waals surface area (Å²) in [7, 11) is -4.85. The van der Waals surface area contributed by atoms with E-state index in [0.29, 0.717) is 6.07 Å². The molecule has 1 heterocycles. The van der Waals surface area contributed by atoms with Crippen molar-refractivity contribution >= 4 is 10.0 Å². The van der Waals surface area contributed by atoms with E-state index in [4.69, 9.17) is 5.73 Å². The number of pyridine rings is 1. The zero-order valence-electron chi connectivity index (χ0n) is 9.08. The molecule has 1 aromatic heterocycles. The van der Waals surface area contributed by atoms with Gasteiger partial charge in [-0.05, 0) is 6.07 Å². The minimum Gasteiger partial charge on any atom is -0.325 e. The summed E-state index contributed by atoms with van der Waals surface area (Å²) in [6.45, 7) is -0.514. The van der Waals surface area contributed by atoms with Crippen LogP contribution in [0.1, 0.15) is 23.4 Å². The fourth-order valence-electron chi connectivity index (χ4n) is 1.36. The summed E-state index contributed by atoms with van der Waals surface area (Å²) in [5.41, 5.74) is 0.852. The molecule has 0 aliphatic carbocycles. The van der Waals surface area contributed by atoms with E-state index in [1.54, 1.807) is 0 Å². The highest BCUT2D eigenvalue weighted by molar-refractivity contribution is 7.89. The van der Waals surface area contributed by atoms with E-state index in [2.05, 4.69) is 10.1 Å². The number of aromatic nitrogens is 1. The maximum Gasteiger partial charge on any atom is 0.419 e. The molecule has 19 heavy (non-hydrogen) atoms. The van der Waals surface area contributed by atoms with Gasteiger partial charge in [0.25, 0.3) is 6.43 Å². The minimum atomic E-state index is -5.34. The number of halogens is 5. The van der Waals surface area contributed by atoms with E-state index in [-0.39, 0.29) is 0 Å². The third-order valence-corrected chi connectivity index (χ3v) is 3.01. The van der Waals surface area contributed by atoms with Crippen LogP contribution >= 0.6 is 0 Å². The van der Waals surface area contributed by atoms with Crippen molar-refractivity contribution in [3.8, 4) is 0 Å². The van der Waals surface area contributed by atoms with Gasteiger partial charge < -0.3 is 5.73 Å². The topological polar surface area (TPSA) is 99.1 Å². The normalized spacial score (nSPS) is 13.1. The number of sulfonamides is 1. The average molecular weight is 305 g/mol. The summed E-state index contributed by atoms with van der Waals surface area (Å²) in [5, 5.41) is 4.61. The van der Waals surface area contributed by atoms with Crippen LogP contribution < -0.4 is 10.9 Å². The lowest BCUT2D eigenvalue weighted by molar-refractivity contribution is -0.142. The van der Waals surface area contributed by atoms with Crippen LogP contribution in [0.3, 0.4) is 0 Å². The first-order valence-electron chi connectivity index (χ1n) is 4.60. The van der Waals surface area contributed by atoms with Gasteiger partial charge in [0.15, 0.2) is 0 Å². The standard InChI is InChI=1S/C8H8F5N3O2S/c9-7(10)6-5(8(11,12)13)4(19(15,17)18)1-3(2-14)16-6/h1,7H,2,14H2,(H2,15,17,18). The molecule has 1 rings (SSSR count). The molecule has 0 fully saturated rings. The third-order valence-electron chi connectivity index (χ3n) is 2.07. The molecule has 0 atom stereocenters. The van der Waals surface area contributed by atoms with Gasteiger partial charge >= 0.3 is 6.18 Å². The fourth-order valence-corrected chi connectivity index (χ4v) is 2.17. The molecule has 0 saturated carbocycles. The van der Waals surface area contributed by atoms with E-state index in [1.165, 1.54) is 0 Å². The molecule has 11 heteroatoms. The second kappa shape index (κ2) is 4.98. The molecule has 0 amide bonds. The summed E-state index contributed by atoms with van der Waals surface area (Å²) in [5.74, 6) is 0. The Bertz CT molecular complexity index is 585. The summed E-state index contributed by atoms with van der Waals surface area (Å²) in [6, 6.07) is 0.435. The van der Waals surface area contributed by atoms with E-state index in [9.17, 15) is 30.4 Å². The Hall–Kier alpha value is -1.33. The number of nitrogens with two attached hydrogens (primary N) is 2. The van der Waals surface area contributed by atoms with Crippen molar-refractivity contribution in [3.63, 3.8) is 0 Å². The minimum absolute atomic E-state index is 0.435. The molecule has 0 bridgehead atoms. The molecule has 108 valence electrons. The highest BCUT2D eigenvalue weighted by atomic mass is 32.2. The van der Waals surface area contributed by atoms with Gasteiger partial charge in [0, 0.05) is 6.54 Å². The SMILES string of the molecule is NCc1cc(S(N)(=O)=O)c(C(F)(F)F)c(C(F)F)n1. The lowest BCUT2D eigenvalue weighted by atomic mass is 10.1. The number of alkyl halides is 5. The number of nitrogens with zero attached hydrogens (tertiary/aromatic N) is 1. The number of rotatable bonds is 3. The van der Waals surface area contributed by atoms with E-state index in [1.807, 2.05) is 0 Å². The molecule has 0 aliphatic heterocycles. The molecular weight excluding hydrogens is 297 g/mol. The van der Waals surface area contributed by atoms with Crippen molar-refractivity contribution in [2.45, 2.75) is 24.0 Å². The van der Waals surface area contributed by atoms with Crippen molar-refractivity contribution in [2.75, 3.05) is 0 Å². The van der Waals surface area contributed by atoms with Crippen LogP contribution in [0.4, 0.5) is 22.0 Å². The fraction of sp³-hybridized carbons (Fsp3) is 0.375. The lowest BCUT2D eigenvalue weighted by Gasteiger charge is -2.16. The molecular formula is C8H8F5N3O2S. The van der Waals surface area contributed by atoms with Crippen molar-refractivity contribution in [2.24, 2.45) is 10.9 Å². The molecule has 1 aromatic rings. The maximum atomic E-state index is 12.7. The van der Waals surface area contributed by atoms with Gasteiger partial charge in [0.2, 0.25) is 10.0 Å². The monoisotopic (exact) mass is 305 g/mol. The van der Waals surface area contributed by atoms with Gasteiger partial charge in [-0.3, -0.25) is 0 Å². The van der Waals surface area contributed by atoms with Crippen molar-refractivity contribution in [1.29, 1.82) is 0 Å². The summed E-state index contributed by atoms with van der Waals surface area (Å²) >= 11 is 0. The molecule has 5 nitrogen and oxygen atoms in total. The quantitative estimate of drug-likeness (QED) is 0.818. The van der Waals surface area contributed by atoms with Gasteiger partial charge in [0.05, 0.1) is 10.6 Å². The number of primary sulfonamides is 1. The van der Waals surface area contributed by atoms with E-state index >= 15 is 0 Å². The van der Waals surface area contributed by atoms with Crippen molar-refractivity contribution in [3.05, 3.63) is 23.0 Å². The molecule has 0 aromatic carbocycles. The van der Waals surface area contributed by atoms with Crippen molar-refractivity contribution < 1.29 is 30.4 Å². The molecule has 0 radical (unpaired) electrons. The first-order chi connectivity index (χ1) is 8.48. The molecule has 0 saturated heterocycles. The Labute approximate surface area is 104 Å². The predicted molar refractivity (Wildman–Crippen MR) is 53.5 cm³/mol. The number of hydrogen-bond acceptors (Lipinski definition) is 4. The van der Waals surface area contributed by atoms with E-state index in [0.717, 1.165) is 0 Å². The second-order valence-electron chi connectivity index (χ2n) is 3.42. The van der Waals surface area contributed by atoms with Gasteiger partial charge in [-0.25, -0.2) is 27.3 Å². The third kappa shape index (κ3) is 3.36. The van der Waals surface area contributed by atoms with Crippen LogP contribution in [0, 0.1) is 0 Å². The van der Waals surface area contributed by atoms with Gasteiger partial charge in [-0.1, -0.05) is 0 Å². The van der Waals surface area contributed by atoms with Crippen LogP contribution in [0.2, 0.25) is 0 Å². The predicted octanol–water partition coefficient (Wildman–Crippen LogP) is 1.14. The summed E-state index contributed by atoms with van der Waals surface area (Å²) in [6.07, 6.45) is -8.96. The van der Waals surface area contributed by atoms with Gasteiger partial charge in [-0.2, -0.15) is 13.2 Å². The Balaban J connectivity index is 3.83. The zero-order chi connectivity index (χ0) is 15.0. The Morgan fingerprint density at radius 1 is 1.32 bits per heavy atom. The highest BCUT2D eigenvalue weighted by Crippen LogP contribution is 2.39. The maximum absolute atomic E-state index is 12.7. The summed E-state index contributed by atoms with van der Waals surface area (Å²) < 4.78 is 85.6. The van der Waals surface area contributed by atoms with Crippen LogP contribution in [0.5, 0.6) is 0 Å². The first kappa shape index (κ1) is 15.7. The van der Waals surface area contributed by atoms with E-state index < -0.39 is 51.0 Å². The lowest BCUT2D eigenvalue weighted by Crippen LogP contribution is -2.23. The Kier molecular flexibility index (Phi) is 4.12. The van der Waals surface area contributed by atoms with Gasteiger partial charge in [-0.15, -0.1) is 0 Å². The zero-order valence-corrected chi connectivity index (χ0v) is 9.89. The summed E-state index contributed by atoms with van der Waals surface area (Å²) in [4.78, 5) is 1.55. The molecule has 4 N–H and O–H groups in total. The first-order valence-corrected chi connectivity index (χ1v) is 6.15. The highest BCUT2D eigenvalue weighted by Gasteiger charge is 2.42. The molecule has 0 aliphatic rings. The van der Waals surface area contributed by atoms with Gasteiger partial charge in [0.1, 0.15) is 11.3 Å². The Morgan fingerprint density at radius 3 is 2.16 bits per heavy atom. The van der Waals surface area contributed by atoms with Crippen LogP contribution in [0.25, 0.3) is 0 Å². The molecule has 0 unspecified atom stereocenters.